The number of hydrogen-bond donors (Lipinski definition) is 0. The van der Waals surface area contributed by atoms with Crippen LogP contribution in [0.5, 0.6) is 0 Å². The maximum atomic E-state index is 6.69. The molecule has 86 valence electrons. The lowest BCUT2D eigenvalue weighted by molar-refractivity contribution is 0.0930. The van der Waals surface area contributed by atoms with E-state index in [9.17, 15) is 0 Å². The predicted molar refractivity (Wildman–Crippen MR) is 67.3 cm³/mol. The smallest absolute Gasteiger partial charge is 0.295 e. The number of halogens is 1. The summed E-state index contributed by atoms with van der Waals surface area (Å²) in [5.74, 6) is 0. The summed E-state index contributed by atoms with van der Waals surface area (Å²) in [5, 5.41) is 0. The van der Waals surface area contributed by atoms with Crippen LogP contribution in [0.1, 0.15) is 54.9 Å². The Hall–Kier alpha value is 0.467. The number of hydrogen-bond acceptors (Lipinski definition) is 1. The molecule has 0 saturated heterocycles. The van der Waals surface area contributed by atoms with E-state index in [-0.39, 0.29) is 5.60 Å². The molecule has 0 aliphatic carbocycles. The monoisotopic (exact) mass is 236 g/mol. The molecular formula is C11H25ClOSi. The summed E-state index contributed by atoms with van der Waals surface area (Å²) in [6.45, 7) is 15.1. The first-order valence-electron chi connectivity index (χ1n) is 5.54. The molecule has 0 rings (SSSR count). The molecule has 0 N–H and O–H groups in total. The average molecular weight is 237 g/mol. The van der Waals surface area contributed by atoms with Crippen molar-refractivity contribution in [1.29, 1.82) is 0 Å². The van der Waals surface area contributed by atoms with Gasteiger partial charge in [-0.3, -0.25) is 0 Å². The molecule has 0 spiro atoms. The molecular weight excluding hydrogens is 212 g/mol. The minimum atomic E-state index is -2.09. The van der Waals surface area contributed by atoms with Gasteiger partial charge in [0.15, 0.2) is 0 Å². The number of rotatable bonds is 5. The summed E-state index contributed by atoms with van der Waals surface area (Å²) in [6.07, 6.45) is 1.01. The van der Waals surface area contributed by atoms with Crippen LogP contribution in [0.4, 0.5) is 0 Å². The third kappa shape index (κ3) is 3.56. The van der Waals surface area contributed by atoms with Crippen LogP contribution < -0.4 is 0 Å². The van der Waals surface area contributed by atoms with Crippen molar-refractivity contribution in [2.75, 3.05) is 0 Å². The highest BCUT2D eigenvalue weighted by Gasteiger charge is 2.44. The van der Waals surface area contributed by atoms with Crippen LogP contribution in [-0.2, 0) is 4.43 Å². The van der Waals surface area contributed by atoms with Crippen molar-refractivity contribution in [3.05, 3.63) is 0 Å². The van der Waals surface area contributed by atoms with Crippen molar-refractivity contribution in [3.63, 3.8) is 0 Å². The molecule has 1 nitrogen and oxygen atoms in total. The molecule has 0 saturated carbocycles. The zero-order valence-corrected chi connectivity index (χ0v) is 12.4. The van der Waals surface area contributed by atoms with Gasteiger partial charge in [-0.1, -0.05) is 34.6 Å². The van der Waals surface area contributed by atoms with Crippen LogP contribution >= 0.6 is 11.1 Å². The van der Waals surface area contributed by atoms with Crippen LogP contribution in [0.2, 0.25) is 11.1 Å². The Morgan fingerprint density at radius 2 is 1.50 bits per heavy atom. The van der Waals surface area contributed by atoms with Gasteiger partial charge in [0.1, 0.15) is 0 Å². The Kier molecular flexibility index (Phi) is 5.16. The molecule has 0 amide bonds. The largest absolute Gasteiger partial charge is 0.397 e. The summed E-state index contributed by atoms with van der Waals surface area (Å²) >= 11 is 6.69. The maximum Gasteiger partial charge on any atom is 0.295 e. The van der Waals surface area contributed by atoms with Crippen LogP contribution in [0.3, 0.4) is 0 Å². The quantitative estimate of drug-likeness (QED) is 0.497. The van der Waals surface area contributed by atoms with Gasteiger partial charge in [-0.05, 0) is 31.4 Å². The van der Waals surface area contributed by atoms with Gasteiger partial charge in [-0.2, -0.15) is 0 Å². The van der Waals surface area contributed by atoms with Crippen LogP contribution in [0, 0.1) is 0 Å². The van der Waals surface area contributed by atoms with E-state index < -0.39 is 7.63 Å². The molecule has 0 aliphatic rings. The molecule has 0 atom stereocenters. The molecule has 0 radical (unpaired) electrons. The average Bonchev–Trinajstić information content (AvgIpc) is 2.03. The van der Waals surface area contributed by atoms with Gasteiger partial charge in [0.25, 0.3) is 7.63 Å². The fraction of sp³-hybridized carbons (Fsp3) is 1.00. The second-order valence-electron chi connectivity index (χ2n) is 5.22. The van der Waals surface area contributed by atoms with Crippen molar-refractivity contribution in [1.82, 2.24) is 0 Å². The van der Waals surface area contributed by atoms with E-state index in [1.165, 1.54) is 0 Å². The third-order valence-electron chi connectivity index (χ3n) is 2.86. The Bertz CT molecular complexity index is 170. The lowest BCUT2D eigenvalue weighted by Gasteiger charge is -2.39. The molecule has 0 heterocycles. The fourth-order valence-corrected chi connectivity index (χ4v) is 4.82. The summed E-state index contributed by atoms with van der Waals surface area (Å²) in [5.41, 5.74) is 0.827. The van der Waals surface area contributed by atoms with Crippen LogP contribution in [-0.4, -0.2) is 13.2 Å². The molecule has 0 fully saturated rings. The zero-order chi connectivity index (χ0) is 11.6. The van der Waals surface area contributed by atoms with E-state index in [4.69, 9.17) is 15.5 Å². The molecule has 3 heteroatoms. The summed E-state index contributed by atoms with van der Waals surface area (Å²) in [4.78, 5) is 0. The van der Waals surface area contributed by atoms with E-state index in [0.29, 0.717) is 11.1 Å². The minimum absolute atomic E-state index is 0.0808. The fourth-order valence-electron chi connectivity index (χ4n) is 1.40. The van der Waals surface area contributed by atoms with Gasteiger partial charge in [-0.15, -0.1) is 11.1 Å². The maximum absolute atomic E-state index is 6.69. The van der Waals surface area contributed by atoms with Crippen LogP contribution in [0.15, 0.2) is 0 Å². The van der Waals surface area contributed by atoms with Crippen molar-refractivity contribution in [3.8, 4) is 0 Å². The van der Waals surface area contributed by atoms with E-state index >= 15 is 0 Å². The van der Waals surface area contributed by atoms with Gasteiger partial charge in [-0.25, -0.2) is 0 Å². The summed E-state index contributed by atoms with van der Waals surface area (Å²) in [7, 11) is -2.09. The van der Waals surface area contributed by atoms with E-state index in [0.717, 1.165) is 6.42 Å². The first kappa shape index (κ1) is 14.5. The second kappa shape index (κ2) is 5.00. The van der Waals surface area contributed by atoms with Crippen molar-refractivity contribution in [2.24, 2.45) is 0 Å². The second-order valence-corrected chi connectivity index (χ2v) is 10.9. The van der Waals surface area contributed by atoms with Crippen molar-refractivity contribution < 1.29 is 4.43 Å². The normalized spacial score (nSPS) is 14.1. The molecule has 14 heavy (non-hydrogen) atoms. The molecule has 0 aliphatic heterocycles. The first-order chi connectivity index (χ1) is 6.15. The summed E-state index contributed by atoms with van der Waals surface area (Å²) < 4.78 is 6.20. The molecule has 0 aromatic heterocycles. The molecule has 0 unspecified atom stereocenters. The SMILES string of the molecule is CCC(C)(C)O[Si](Cl)(C(C)C)C(C)C. The highest BCUT2D eigenvalue weighted by atomic mass is 35.6. The standard InChI is InChI=1S/C11H25ClOSi/c1-8-11(6,7)13-14(12,9(2)3)10(4)5/h9-10H,8H2,1-7H3. The molecule has 0 aromatic carbocycles. The van der Waals surface area contributed by atoms with Gasteiger partial charge in [0.05, 0.1) is 5.60 Å². The third-order valence-corrected chi connectivity index (χ3v) is 9.72. The first-order valence-corrected chi connectivity index (χ1v) is 8.62. The highest BCUT2D eigenvalue weighted by molar-refractivity contribution is 7.18. The molecule has 0 bridgehead atoms. The highest BCUT2D eigenvalue weighted by Crippen LogP contribution is 2.40. The predicted octanol–water partition coefficient (Wildman–Crippen LogP) is 4.69. The van der Waals surface area contributed by atoms with E-state index in [1.807, 2.05) is 0 Å². The van der Waals surface area contributed by atoms with Crippen LogP contribution in [0.25, 0.3) is 0 Å². The van der Waals surface area contributed by atoms with E-state index in [1.54, 1.807) is 0 Å². The zero-order valence-electron chi connectivity index (χ0n) is 10.6. The van der Waals surface area contributed by atoms with Gasteiger partial charge in [0.2, 0.25) is 0 Å². The Morgan fingerprint density at radius 1 is 1.14 bits per heavy atom. The van der Waals surface area contributed by atoms with Crippen molar-refractivity contribution in [2.45, 2.75) is 71.6 Å². The Labute approximate surface area is 95.0 Å². The Balaban J connectivity index is 4.70. The lowest BCUT2D eigenvalue weighted by atomic mass is 10.1. The van der Waals surface area contributed by atoms with E-state index in [2.05, 4.69) is 48.5 Å². The van der Waals surface area contributed by atoms with Gasteiger partial charge >= 0.3 is 0 Å². The Morgan fingerprint density at radius 3 is 1.71 bits per heavy atom. The van der Waals surface area contributed by atoms with Crippen molar-refractivity contribution >= 4 is 18.7 Å². The molecule has 0 aromatic rings. The topological polar surface area (TPSA) is 9.23 Å². The van der Waals surface area contributed by atoms with Gasteiger partial charge < -0.3 is 4.43 Å². The minimum Gasteiger partial charge on any atom is -0.397 e. The summed E-state index contributed by atoms with van der Waals surface area (Å²) in [6, 6.07) is 0. The van der Waals surface area contributed by atoms with Gasteiger partial charge in [0, 0.05) is 0 Å². The lowest BCUT2D eigenvalue weighted by Crippen LogP contribution is -2.45.